The van der Waals surface area contributed by atoms with Gasteiger partial charge in [0.2, 0.25) is 5.91 Å². The van der Waals surface area contributed by atoms with Crippen LogP contribution in [0.5, 0.6) is 0 Å². The van der Waals surface area contributed by atoms with Gasteiger partial charge in [-0.3, -0.25) is 4.79 Å². The van der Waals surface area contributed by atoms with Crippen LogP contribution in [-0.4, -0.2) is 5.91 Å². The first-order valence-corrected chi connectivity index (χ1v) is 7.46. The number of hydrogen-bond acceptors (Lipinski definition) is 2. The molecule has 3 atom stereocenters. The summed E-state index contributed by atoms with van der Waals surface area (Å²) in [5, 5.41) is 11.9. The molecule has 3 rings (SSSR count). The second-order valence-electron chi connectivity index (χ2n) is 6.33. The van der Waals surface area contributed by atoms with Crippen molar-refractivity contribution in [3.8, 4) is 6.07 Å². The summed E-state index contributed by atoms with van der Waals surface area (Å²) in [5.41, 5.74) is 2.37. The maximum Gasteiger partial charge on any atom is 0.224 e. The first-order valence-electron chi connectivity index (χ1n) is 7.46. The molecule has 3 heteroatoms. The van der Waals surface area contributed by atoms with Gasteiger partial charge in [0, 0.05) is 12.1 Å². The number of nitrogens with zero attached hydrogens (tertiary/aromatic N) is 1. The number of benzene rings is 1. The molecule has 0 saturated heterocycles. The van der Waals surface area contributed by atoms with Crippen molar-refractivity contribution in [3.05, 3.63) is 29.3 Å². The summed E-state index contributed by atoms with van der Waals surface area (Å²) in [4.78, 5) is 12.2. The molecule has 2 saturated carbocycles. The molecule has 2 bridgehead atoms. The molecule has 1 amide bonds. The van der Waals surface area contributed by atoms with Gasteiger partial charge in [-0.15, -0.1) is 0 Å². The van der Waals surface area contributed by atoms with E-state index in [9.17, 15) is 4.79 Å². The van der Waals surface area contributed by atoms with Crippen LogP contribution in [-0.2, 0) is 4.79 Å². The van der Waals surface area contributed by atoms with Gasteiger partial charge < -0.3 is 5.32 Å². The van der Waals surface area contributed by atoms with E-state index in [0.717, 1.165) is 23.1 Å². The van der Waals surface area contributed by atoms with Crippen molar-refractivity contribution < 1.29 is 4.79 Å². The number of fused-ring (bicyclic) bond motifs is 2. The van der Waals surface area contributed by atoms with E-state index >= 15 is 0 Å². The van der Waals surface area contributed by atoms with Gasteiger partial charge in [-0.05, 0) is 61.6 Å². The van der Waals surface area contributed by atoms with Crippen molar-refractivity contribution in [2.24, 2.45) is 17.8 Å². The fourth-order valence-corrected chi connectivity index (χ4v) is 3.89. The number of nitrogens with one attached hydrogen (secondary N) is 1. The molecule has 0 heterocycles. The van der Waals surface area contributed by atoms with Crippen LogP contribution in [0.3, 0.4) is 0 Å². The Kier molecular flexibility index (Phi) is 3.48. The minimum absolute atomic E-state index is 0.0979. The standard InChI is InChI=1S/C17H20N2O/c1-11-2-3-13(10-18)8-16(11)19-17(20)9-15-7-12-4-5-14(15)6-12/h2-3,8,12,14-15H,4-7,9H2,1H3,(H,19,20). The lowest BCUT2D eigenvalue weighted by Crippen LogP contribution is -2.20. The number of carbonyl (C=O) groups is 1. The molecule has 3 nitrogen and oxygen atoms in total. The van der Waals surface area contributed by atoms with E-state index in [-0.39, 0.29) is 5.91 Å². The quantitative estimate of drug-likeness (QED) is 0.910. The Morgan fingerprint density at radius 2 is 2.25 bits per heavy atom. The number of nitriles is 1. The molecule has 20 heavy (non-hydrogen) atoms. The van der Waals surface area contributed by atoms with E-state index in [1.807, 2.05) is 13.0 Å². The Balaban J connectivity index is 1.63. The highest BCUT2D eigenvalue weighted by molar-refractivity contribution is 5.91. The summed E-state index contributed by atoms with van der Waals surface area (Å²) in [7, 11) is 0. The molecule has 1 aromatic rings. The molecule has 2 fully saturated rings. The third-order valence-electron chi connectivity index (χ3n) is 4.97. The van der Waals surface area contributed by atoms with Gasteiger partial charge in [0.25, 0.3) is 0 Å². The summed E-state index contributed by atoms with van der Waals surface area (Å²) in [6.07, 6.45) is 5.88. The topological polar surface area (TPSA) is 52.9 Å². The van der Waals surface area contributed by atoms with E-state index in [1.165, 1.54) is 25.7 Å². The lowest BCUT2D eigenvalue weighted by Gasteiger charge is -2.21. The highest BCUT2D eigenvalue weighted by Crippen LogP contribution is 2.49. The summed E-state index contributed by atoms with van der Waals surface area (Å²) in [6, 6.07) is 7.53. The predicted octanol–water partition coefficient (Wildman–Crippen LogP) is 3.63. The molecule has 0 radical (unpaired) electrons. The second kappa shape index (κ2) is 5.28. The van der Waals surface area contributed by atoms with Crippen LogP contribution < -0.4 is 5.32 Å². The zero-order chi connectivity index (χ0) is 14.1. The smallest absolute Gasteiger partial charge is 0.224 e. The number of anilines is 1. The number of amides is 1. The Bertz CT molecular complexity index is 573. The summed E-state index contributed by atoms with van der Waals surface area (Å²) in [6.45, 7) is 1.95. The number of hydrogen-bond donors (Lipinski definition) is 1. The highest BCUT2D eigenvalue weighted by Gasteiger charge is 2.40. The molecular formula is C17H20N2O. The van der Waals surface area contributed by atoms with Gasteiger partial charge in [-0.1, -0.05) is 12.5 Å². The van der Waals surface area contributed by atoms with Crippen molar-refractivity contribution in [2.75, 3.05) is 5.32 Å². The number of rotatable bonds is 3. The molecule has 1 aromatic carbocycles. The van der Waals surface area contributed by atoms with Gasteiger partial charge in [0.05, 0.1) is 11.6 Å². The summed E-state index contributed by atoms with van der Waals surface area (Å²) in [5.74, 6) is 2.33. The normalized spacial score (nSPS) is 27.3. The van der Waals surface area contributed by atoms with E-state index in [4.69, 9.17) is 5.26 Å². The van der Waals surface area contributed by atoms with Crippen LogP contribution in [0.2, 0.25) is 0 Å². The van der Waals surface area contributed by atoms with Crippen molar-refractivity contribution >= 4 is 11.6 Å². The van der Waals surface area contributed by atoms with Crippen LogP contribution in [0, 0.1) is 36.0 Å². The maximum atomic E-state index is 12.2. The Hall–Kier alpha value is -1.82. The first-order chi connectivity index (χ1) is 9.65. The van der Waals surface area contributed by atoms with Crippen LogP contribution in [0.15, 0.2) is 18.2 Å². The molecule has 2 aliphatic carbocycles. The summed E-state index contributed by atoms with van der Waals surface area (Å²) < 4.78 is 0. The lowest BCUT2D eigenvalue weighted by molar-refractivity contribution is -0.117. The second-order valence-corrected chi connectivity index (χ2v) is 6.33. The third kappa shape index (κ3) is 2.56. The molecule has 1 N–H and O–H groups in total. The fourth-order valence-electron chi connectivity index (χ4n) is 3.89. The third-order valence-corrected chi connectivity index (χ3v) is 4.97. The average Bonchev–Trinajstić information content (AvgIpc) is 3.03. The first kappa shape index (κ1) is 13.2. The molecule has 3 unspecified atom stereocenters. The van der Waals surface area contributed by atoms with Crippen LogP contribution >= 0.6 is 0 Å². The Morgan fingerprint density at radius 1 is 1.40 bits per heavy atom. The molecule has 0 spiro atoms. The lowest BCUT2D eigenvalue weighted by atomic mass is 9.86. The van der Waals surface area contributed by atoms with Crippen molar-refractivity contribution in [3.63, 3.8) is 0 Å². The minimum Gasteiger partial charge on any atom is -0.326 e. The predicted molar refractivity (Wildman–Crippen MR) is 78.1 cm³/mol. The van der Waals surface area contributed by atoms with E-state index in [1.54, 1.807) is 12.1 Å². The van der Waals surface area contributed by atoms with Crippen molar-refractivity contribution in [1.82, 2.24) is 0 Å². The van der Waals surface area contributed by atoms with Gasteiger partial charge in [-0.25, -0.2) is 0 Å². The van der Waals surface area contributed by atoms with Crippen LogP contribution in [0.1, 0.15) is 43.2 Å². The van der Waals surface area contributed by atoms with Crippen LogP contribution in [0.25, 0.3) is 0 Å². The van der Waals surface area contributed by atoms with E-state index in [0.29, 0.717) is 17.9 Å². The molecule has 0 aromatic heterocycles. The monoisotopic (exact) mass is 268 g/mol. The highest BCUT2D eigenvalue weighted by atomic mass is 16.1. The Morgan fingerprint density at radius 3 is 2.90 bits per heavy atom. The number of carbonyl (C=O) groups excluding carboxylic acids is 1. The van der Waals surface area contributed by atoms with Crippen molar-refractivity contribution in [2.45, 2.75) is 39.0 Å². The van der Waals surface area contributed by atoms with Gasteiger partial charge in [0.1, 0.15) is 0 Å². The Labute approximate surface area is 120 Å². The molecule has 104 valence electrons. The zero-order valence-corrected chi connectivity index (χ0v) is 11.9. The van der Waals surface area contributed by atoms with Gasteiger partial charge in [-0.2, -0.15) is 5.26 Å². The number of aryl methyl sites for hydroxylation is 1. The SMILES string of the molecule is Cc1ccc(C#N)cc1NC(=O)CC1CC2CCC1C2. The van der Waals surface area contributed by atoms with Crippen LogP contribution in [0.4, 0.5) is 5.69 Å². The fraction of sp³-hybridized carbons (Fsp3) is 0.529. The van der Waals surface area contributed by atoms with E-state index < -0.39 is 0 Å². The molecular weight excluding hydrogens is 248 g/mol. The average molecular weight is 268 g/mol. The van der Waals surface area contributed by atoms with Gasteiger partial charge >= 0.3 is 0 Å². The van der Waals surface area contributed by atoms with Gasteiger partial charge in [0.15, 0.2) is 0 Å². The molecule has 0 aliphatic heterocycles. The summed E-state index contributed by atoms with van der Waals surface area (Å²) >= 11 is 0. The maximum absolute atomic E-state index is 12.2. The zero-order valence-electron chi connectivity index (χ0n) is 11.9. The largest absolute Gasteiger partial charge is 0.326 e. The minimum atomic E-state index is 0.0979. The van der Waals surface area contributed by atoms with Crippen molar-refractivity contribution in [1.29, 1.82) is 5.26 Å². The molecule has 2 aliphatic rings. The van der Waals surface area contributed by atoms with E-state index in [2.05, 4.69) is 11.4 Å².